The van der Waals surface area contributed by atoms with Gasteiger partial charge in [0.25, 0.3) is 0 Å². The average Bonchev–Trinajstić information content (AvgIpc) is 3.25. The largest absolute Gasteiger partial charge is 0.379 e. The fourth-order valence-corrected chi connectivity index (χ4v) is 3.70. The van der Waals surface area contributed by atoms with Crippen molar-refractivity contribution in [3.63, 3.8) is 0 Å². The van der Waals surface area contributed by atoms with Crippen molar-refractivity contribution in [3.05, 3.63) is 29.2 Å². The van der Waals surface area contributed by atoms with Crippen LogP contribution in [0.3, 0.4) is 0 Å². The maximum absolute atomic E-state index is 5.97. The summed E-state index contributed by atoms with van der Waals surface area (Å²) in [5.41, 5.74) is 9.50. The van der Waals surface area contributed by atoms with Gasteiger partial charge in [-0.05, 0) is 19.8 Å². The zero-order valence-electron chi connectivity index (χ0n) is 15.3. The van der Waals surface area contributed by atoms with Gasteiger partial charge in [-0.25, -0.2) is 4.98 Å². The summed E-state index contributed by atoms with van der Waals surface area (Å²) in [5.74, 6) is 1.24. The Bertz CT molecular complexity index is 754. The Kier molecular flexibility index (Phi) is 5.03. The van der Waals surface area contributed by atoms with E-state index in [1.54, 1.807) is 0 Å². The number of ether oxygens (including phenoxy) is 1. The van der Waals surface area contributed by atoms with E-state index in [1.165, 1.54) is 11.1 Å². The Labute approximate surface area is 153 Å². The van der Waals surface area contributed by atoms with Crippen LogP contribution in [-0.2, 0) is 30.7 Å². The third-order valence-electron chi connectivity index (χ3n) is 5.14. The summed E-state index contributed by atoms with van der Waals surface area (Å²) in [7, 11) is 0. The zero-order valence-corrected chi connectivity index (χ0v) is 15.3. The first kappa shape index (κ1) is 17.2. The minimum atomic E-state index is 0.313. The maximum atomic E-state index is 5.97. The molecule has 0 saturated carbocycles. The second-order valence-electron chi connectivity index (χ2n) is 7.04. The summed E-state index contributed by atoms with van der Waals surface area (Å²) in [6.45, 7) is 7.40. The molecule has 1 saturated heterocycles. The number of aryl methyl sites for hydroxylation is 1. The Morgan fingerprint density at radius 2 is 2.19 bits per heavy atom. The number of nitrogens with two attached hydrogens (primary N) is 1. The van der Waals surface area contributed by atoms with Crippen molar-refractivity contribution < 1.29 is 4.74 Å². The smallest absolute Gasteiger partial charge is 0.222 e. The summed E-state index contributed by atoms with van der Waals surface area (Å²) in [5, 5.41) is 7.90. The maximum Gasteiger partial charge on any atom is 0.222 e. The van der Waals surface area contributed by atoms with E-state index in [9.17, 15) is 0 Å². The normalized spacial score (nSPS) is 20.7. The molecule has 0 spiro atoms. The fraction of sp³-hybridized carbons (Fsp3) is 0.611. The predicted molar refractivity (Wildman–Crippen MR) is 99.9 cm³/mol. The van der Waals surface area contributed by atoms with Crippen LogP contribution in [0, 0.1) is 0 Å². The molecular formula is C18H27N7O. The summed E-state index contributed by atoms with van der Waals surface area (Å²) in [4.78, 5) is 11.5. The summed E-state index contributed by atoms with van der Waals surface area (Å²) < 4.78 is 7.44. The van der Waals surface area contributed by atoms with Gasteiger partial charge in [0.05, 0.1) is 24.5 Å². The van der Waals surface area contributed by atoms with E-state index < -0.39 is 0 Å². The van der Waals surface area contributed by atoms with Crippen LogP contribution in [-0.4, -0.2) is 57.0 Å². The molecule has 4 rings (SSSR count). The Hall–Kier alpha value is -2.19. The van der Waals surface area contributed by atoms with Crippen LogP contribution < -0.4 is 11.1 Å². The van der Waals surface area contributed by atoms with E-state index in [1.807, 2.05) is 10.9 Å². The zero-order chi connectivity index (χ0) is 17.9. The van der Waals surface area contributed by atoms with E-state index >= 15 is 0 Å². The number of anilines is 2. The average molecular weight is 357 g/mol. The summed E-state index contributed by atoms with van der Waals surface area (Å²) in [6.07, 6.45) is 6.91. The molecule has 0 amide bonds. The molecule has 0 radical (unpaired) electrons. The molecular weight excluding hydrogens is 330 g/mol. The van der Waals surface area contributed by atoms with Crippen LogP contribution in [0.25, 0.3) is 0 Å². The van der Waals surface area contributed by atoms with Crippen LogP contribution in [0.15, 0.2) is 12.4 Å². The second kappa shape index (κ2) is 7.59. The fourth-order valence-electron chi connectivity index (χ4n) is 3.70. The minimum absolute atomic E-state index is 0.313. The van der Waals surface area contributed by atoms with Gasteiger partial charge in [0.15, 0.2) is 0 Å². The van der Waals surface area contributed by atoms with Gasteiger partial charge >= 0.3 is 0 Å². The lowest BCUT2D eigenvalue weighted by Crippen LogP contribution is -2.26. The van der Waals surface area contributed by atoms with Crippen LogP contribution in [0.4, 0.5) is 11.8 Å². The molecule has 1 atom stereocenters. The minimum Gasteiger partial charge on any atom is -0.379 e. The first-order valence-corrected chi connectivity index (χ1v) is 9.44. The van der Waals surface area contributed by atoms with Gasteiger partial charge in [0.2, 0.25) is 5.95 Å². The molecule has 140 valence electrons. The third-order valence-corrected chi connectivity index (χ3v) is 5.14. The van der Waals surface area contributed by atoms with Gasteiger partial charge in [-0.3, -0.25) is 9.58 Å². The standard InChI is InChI=1S/C18H27N7O/c1-2-25-11-13(9-20-25)10-24-6-3-15-16(4-7-24)22-18(19)23-17(15)21-14-5-8-26-12-14/h9,11,14H,2-8,10,12H2,1H3,(H3,19,21,22,23). The Morgan fingerprint density at radius 3 is 2.96 bits per heavy atom. The number of nitrogens with one attached hydrogen (secondary N) is 1. The summed E-state index contributed by atoms with van der Waals surface area (Å²) in [6, 6.07) is 0.313. The number of rotatable bonds is 5. The number of aromatic nitrogens is 4. The number of hydrogen-bond donors (Lipinski definition) is 2. The van der Waals surface area contributed by atoms with E-state index in [4.69, 9.17) is 10.5 Å². The molecule has 2 aromatic heterocycles. The number of fused-ring (bicyclic) bond motifs is 1. The number of hydrogen-bond acceptors (Lipinski definition) is 7. The van der Waals surface area contributed by atoms with Gasteiger partial charge in [-0.15, -0.1) is 0 Å². The lowest BCUT2D eigenvalue weighted by molar-refractivity contribution is 0.195. The molecule has 2 aliphatic heterocycles. The van der Waals surface area contributed by atoms with Crippen LogP contribution >= 0.6 is 0 Å². The first-order chi connectivity index (χ1) is 12.7. The first-order valence-electron chi connectivity index (χ1n) is 9.44. The highest BCUT2D eigenvalue weighted by Crippen LogP contribution is 2.24. The molecule has 8 heteroatoms. The molecule has 8 nitrogen and oxygen atoms in total. The van der Waals surface area contributed by atoms with Crippen molar-refractivity contribution in [1.82, 2.24) is 24.6 Å². The summed E-state index contributed by atoms with van der Waals surface area (Å²) >= 11 is 0. The molecule has 3 N–H and O–H groups in total. The predicted octanol–water partition coefficient (Wildman–Crippen LogP) is 1.08. The quantitative estimate of drug-likeness (QED) is 0.827. The second-order valence-corrected chi connectivity index (χ2v) is 7.04. The molecule has 1 unspecified atom stereocenters. The van der Waals surface area contributed by atoms with Gasteiger partial charge in [-0.1, -0.05) is 0 Å². The Morgan fingerprint density at radius 1 is 1.31 bits per heavy atom. The van der Waals surface area contributed by atoms with E-state index in [0.29, 0.717) is 12.0 Å². The molecule has 2 aromatic rings. The highest BCUT2D eigenvalue weighted by molar-refractivity contribution is 5.51. The third kappa shape index (κ3) is 3.81. The van der Waals surface area contributed by atoms with Gasteiger partial charge in [0.1, 0.15) is 5.82 Å². The van der Waals surface area contributed by atoms with Crippen LogP contribution in [0.5, 0.6) is 0 Å². The van der Waals surface area contributed by atoms with Crippen molar-refractivity contribution in [1.29, 1.82) is 0 Å². The molecule has 0 bridgehead atoms. The number of nitrogen functional groups attached to an aromatic ring is 1. The van der Waals surface area contributed by atoms with Crippen LogP contribution in [0.1, 0.15) is 30.2 Å². The van der Waals surface area contributed by atoms with Crippen molar-refractivity contribution >= 4 is 11.8 Å². The molecule has 0 aliphatic carbocycles. The molecule has 2 aliphatic rings. The highest BCUT2D eigenvalue weighted by atomic mass is 16.5. The molecule has 0 aromatic carbocycles. The van der Waals surface area contributed by atoms with E-state index in [0.717, 1.165) is 70.2 Å². The molecule has 1 fully saturated rings. The van der Waals surface area contributed by atoms with Crippen molar-refractivity contribution in [2.45, 2.75) is 45.3 Å². The van der Waals surface area contributed by atoms with Crippen molar-refractivity contribution in [3.8, 4) is 0 Å². The number of nitrogens with zero attached hydrogens (tertiary/aromatic N) is 5. The van der Waals surface area contributed by atoms with Gasteiger partial charge < -0.3 is 15.8 Å². The molecule has 4 heterocycles. The van der Waals surface area contributed by atoms with Crippen LogP contribution in [0.2, 0.25) is 0 Å². The van der Waals surface area contributed by atoms with Gasteiger partial charge in [-0.2, -0.15) is 10.1 Å². The topological polar surface area (TPSA) is 94.1 Å². The highest BCUT2D eigenvalue weighted by Gasteiger charge is 2.23. The lowest BCUT2D eigenvalue weighted by atomic mass is 10.1. The monoisotopic (exact) mass is 357 g/mol. The Balaban J connectivity index is 1.47. The van der Waals surface area contributed by atoms with E-state index in [-0.39, 0.29) is 0 Å². The van der Waals surface area contributed by atoms with Crippen molar-refractivity contribution in [2.75, 3.05) is 37.4 Å². The van der Waals surface area contributed by atoms with Crippen molar-refractivity contribution in [2.24, 2.45) is 0 Å². The lowest BCUT2D eigenvalue weighted by Gasteiger charge is -2.18. The van der Waals surface area contributed by atoms with Gasteiger partial charge in [0, 0.05) is 56.5 Å². The van der Waals surface area contributed by atoms with E-state index in [2.05, 4.69) is 38.4 Å². The molecule has 26 heavy (non-hydrogen) atoms. The SMILES string of the molecule is CCn1cc(CN2CCc3nc(N)nc(NC4CCOC4)c3CC2)cn1.